The van der Waals surface area contributed by atoms with Crippen LogP contribution in [0.25, 0.3) is 0 Å². The van der Waals surface area contributed by atoms with Crippen molar-refractivity contribution >= 4 is 29.1 Å². The first-order valence-electron chi connectivity index (χ1n) is 5.43. The minimum Gasteiger partial charge on any atom is -0.344 e. The summed E-state index contributed by atoms with van der Waals surface area (Å²) in [6.07, 6.45) is 3.92. The maximum Gasteiger partial charge on any atom is 0.253 e. The first-order chi connectivity index (χ1) is 8.06. The molecule has 5 heteroatoms. The van der Waals surface area contributed by atoms with Gasteiger partial charge in [0.1, 0.15) is 0 Å². The van der Waals surface area contributed by atoms with Gasteiger partial charge >= 0.3 is 0 Å². The molecule has 0 atom stereocenters. The number of pyridine rings is 1. The van der Waals surface area contributed by atoms with Gasteiger partial charge in [-0.2, -0.15) is 0 Å². The van der Waals surface area contributed by atoms with Crippen LogP contribution in [0.1, 0.15) is 29.3 Å². The van der Waals surface area contributed by atoms with Crippen molar-refractivity contribution in [2.24, 2.45) is 0 Å². The molecule has 0 aliphatic heterocycles. The van der Waals surface area contributed by atoms with Crippen molar-refractivity contribution in [1.29, 1.82) is 0 Å². The summed E-state index contributed by atoms with van der Waals surface area (Å²) in [5.74, 6) is 0.389. The van der Waals surface area contributed by atoms with Crippen LogP contribution in [0.15, 0.2) is 18.5 Å². The molecule has 1 heterocycles. The second-order valence-corrected chi connectivity index (χ2v) is 4.64. The van der Waals surface area contributed by atoms with E-state index in [0.29, 0.717) is 12.0 Å². The summed E-state index contributed by atoms with van der Waals surface area (Å²) < 4.78 is 0. The topological polar surface area (TPSA) is 42.0 Å². The highest BCUT2D eigenvalue weighted by Crippen LogP contribution is 2.16. The van der Waals surface area contributed by atoms with Gasteiger partial charge in [0.15, 0.2) is 0 Å². The molecule has 1 N–H and O–H groups in total. The fourth-order valence-corrected chi connectivity index (χ4v) is 2.17. The normalized spacial score (nSPS) is 11.3. The Morgan fingerprint density at radius 1 is 1.41 bits per heavy atom. The van der Waals surface area contributed by atoms with Crippen molar-refractivity contribution in [3.63, 3.8) is 0 Å². The Bertz CT molecular complexity index is 384. The summed E-state index contributed by atoms with van der Waals surface area (Å²) >= 11 is 11.7. The van der Waals surface area contributed by atoms with Crippen molar-refractivity contribution in [2.45, 2.75) is 25.8 Å². The number of carbonyl (C=O) groups is 1. The van der Waals surface area contributed by atoms with Crippen molar-refractivity contribution in [2.75, 3.05) is 11.8 Å². The highest BCUT2D eigenvalue weighted by atomic mass is 35.5. The van der Waals surface area contributed by atoms with Crippen LogP contribution >= 0.6 is 23.2 Å². The summed E-state index contributed by atoms with van der Waals surface area (Å²) in [6.45, 7) is 3.83. The highest BCUT2D eigenvalue weighted by molar-refractivity contribution is 6.22. The van der Waals surface area contributed by atoms with Gasteiger partial charge in [0.05, 0.1) is 11.1 Å². The van der Waals surface area contributed by atoms with Crippen LogP contribution in [-0.4, -0.2) is 28.2 Å². The number of alkyl halides is 2. The maximum absolute atomic E-state index is 12.0. The zero-order chi connectivity index (χ0) is 12.9. The lowest BCUT2D eigenvalue weighted by molar-refractivity contribution is 0.0913. The average Bonchev–Trinajstić information content (AvgIpc) is 2.36. The molecule has 0 fully saturated rings. The molecule has 0 spiro atoms. The Kier molecular flexibility index (Phi) is 5.22. The van der Waals surface area contributed by atoms with Crippen LogP contribution in [0.3, 0.4) is 0 Å². The predicted octanol–water partition coefficient (Wildman–Crippen LogP) is 2.75. The summed E-state index contributed by atoms with van der Waals surface area (Å²) in [5.41, 5.74) is 0.916. The smallest absolute Gasteiger partial charge is 0.253 e. The molecule has 1 aromatic rings. The third-order valence-corrected chi connectivity index (χ3v) is 3.73. The number of amides is 1. The van der Waals surface area contributed by atoms with Crippen LogP contribution in [0.2, 0.25) is 0 Å². The number of hydrogen-bond donors (Lipinski definition) is 1. The van der Waals surface area contributed by atoms with Crippen molar-refractivity contribution in [1.82, 2.24) is 10.3 Å². The molecule has 0 aliphatic rings. The molecule has 0 aliphatic carbocycles. The predicted molar refractivity (Wildman–Crippen MR) is 70.9 cm³/mol. The van der Waals surface area contributed by atoms with E-state index in [4.69, 9.17) is 23.2 Å². The number of aromatic nitrogens is 1. The van der Waals surface area contributed by atoms with Gasteiger partial charge in [0.25, 0.3) is 5.91 Å². The van der Waals surface area contributed by atoms with Gasteiger partial charge < -0.3 is 5.32 Å². The molecular weight excluding hydrogens is 259 g/mol. The molecule has 0 radical (unpaired) electrons. The lowest BCUT2D eigenvalue weighted by Crippen LogP contribution is -2.51. The summed E-state index contributed by atoms with van der Waals surface area (Å²) in [7, 11) is 0. The largest absolute Gasteiger partial charge is 0.344 e. The van der Waals surface area contributed by atoms with Gasteiger partial charge in [-0.1, -0.05) is 6.92 Å². The first-order valence-corrected chi connectivity index (χ1v) is 6.50. The van der Waals surface area contributed by atoms with E-state index in [2.05, 4.69) is 10.3 Å². The zero-order valence-electron chi connectivity index (χ0n) is 9.96. The van der Waals surface area contributed by atoms with Crippen molar-refractivity contribution in [3.05, 3.63) is 29.6 Å². The van der Waals surface area contributed by atoms with E-state index in [-0.39, 0.29) is 17.7 Å². The van der Waals surface area contributed by atoms with E-state index in [1.54, 1.807) is 12.3 Å². The van der Waals surface area contributed by atoms with Gasteiger partial charge in [0.2, 0.25) is 0 Å². The molecule has 1 aromatic heterocycles. The van der Waals surface area contributed by atoms with Crippen LogP contribution < -0.4 is 5.32 Å². The number of aryl methyl sites for hydroxylation is 1. The second-order valence-electron chi connectivity index (χ2n) is 4.11. The Morgan fingerprint density at radius 3 is 2.53 bits per heavy atom. The van der Waals surface area contributed by atoms with Crippen molar-refractivity contribution in [3.8, 4) is 0 Å². The highest BCUT2D eigenvalue weighted by Gasteiger charge is 2.28. The van der Waals surface area contributed by atoms with Gasteiger partial charge in [-0.05, 0) is 25.0 Å². The number of halogens is 2. The zero-order valence-corrected chi connectivity index (χ0v) is 11.5. The van der Waals surface area contributed by atoms with Crippen LogP contribution in [0.4, 0.5) is 0 Å². The molecule has 1 rings (SSSR count). The van der Waals surface area contributed by atoms with Crippen LogP contribution in [0.5, 0.6) is 0 Å². The lowest BCUT2D eigenvalue weighted by atomic mass is 10.0. The van der Waals surface area contributed by atoms with E-state index in [9.17, 15) is 4.79 Å². The first kappa shape index (κ1) is 14.3. The number of hydrogen-bond acceptors (Lipinski definition) is 2. The monoisotopic (exact) mass is 274 g/mol. The van der Waals surface area contributed by atoms with Crippen LogP contribution in [-0.2, 0) is 0 Å². The van der Waals surface area contributed by atoms with Crippen LogP contribution in [0, 0.1) is 6.92 Å². The fourth-order valence-electron chi connectivity index (χ4n) is 1.37. The number of nitrogens with zero attached hydrogens (tertiary/aromatic N) is 1. The van der Waals surface area contributed by atoms with Crippen molar-refractivity contribution < 1.29 is 4.79 Å². The Morgan fingerprint density at radius 2 is 2.06 bits per heavy atom. The SMILES string of the molecule is CCC(CCl)(CCl)NC(=O)c1cncc(C)c1. The quantitative estimate of drug-likeness (QED) is 0.839. The number of rotatable bonds is 5. The van der Waals surface area contributed by atoms with Gasteiger partial charge in [0, 0.05) is 24.2 Å². The molecule has 94 valence electrons. The molecule has 0 saturated heterocycles. The molecule has 1 amide bonds. The Balaban J connectivity index is 2.84. The maximum atomic E-state index is 12.0. The molecular formula is C12H16Cl2N2O. The Hall–Kier alpha value is -0.800. The minimum absolute atomic E-state index is 0.190. The number of nitrogens with one attached hydrogen (secondary N) is 1. The summed E-state index contributed by atoms with van der Waals surface area (Å²) in [5, 5.41) is 2.88. The third kappa shape index (κ3) is 3.58. The molecule has 0 aromatic carbocycles. The van der Waals surface area contributed by atoms with Gasteiger partial charge in [-0.3, -0.25) is 9.78 Å². The van der Waals surface area contributed by atoms with E-state index in [1.807, 2.05) is 13.8 Å². The summed E-state index contributed by atoms with van der Waals surface area (Å²) in [4.78, 5) is 16.0. The van der Waals surface area contributed by atoms with E-state index in [0.717, 1.165) is 5.56 Å². The summed E-state index contributed by atoms with van der Waals surface area (Å²) in [6, 6.07) is 1.78. The fraction of sp³-hybridized carbons (Fsp3) is 0.500. The van der Waals surface area contributed by atoms with Gasteiger partial charge in [-0.25, -0.2) is 0 Å². The van der Waals surface area contributed by atoms with E-state index in [1.165, 1.54) is 6.20 Å². The minimum atomic E-state index is -0.552. The molecule has 0 saturated carbocycles. The lowest BCUT2D eigenvalue weighted by Gasteiger charge is -2.29. The second kappa shape index (κ2) is 6.22. The molecule has 17 heavy (non-hydrogen) atoms. The van der Waals surface area contributed by atoms with E-state index >= 15 is 0 Å². The molecule has 0 unspecified atom stereocenters. The standard InChI is InChI=1S/C12H16Cl2N2O/c1-3-12(7-13,8-14)16-11(17)10-4-9(2)5-15-6-10/h4-6H,3,7-8H2,1-2H3,(H,16,17). The average molecular weight is 275 g/mol. The van der Waals surface area contributed by atoms with E-state index < -0.39 is 5.54 Å². The molecule has 3 nitrogen and oxygen atoms in total. The van der Waals surface area contributed by atoms with Gasteiger partial charge in [-0.15, -0.1) is 23.2 Å². The number of carbonyl (C=O) groups excluding carboxylic acids is 1. The molecule has 0 bridgehead atoms. The third-order valence-electron chi connectivity index (χ3n) is 2.70. The Labute approximate surface area is 112 Å².